The van der Waals surface area contributed by atoms with Crippen LogP contribution in [0.15, 0.2) is 24.4 Å². The number of benzene rings is 1. The van der Waals surface area contributed by atoms with Crippen molar-refractivity contribution in [2.75, 3.05) is 13.1 Å². The SMILES string of the molecule is Cc1c[nH]c2ccc(C3(O)CCN4CCCC4C3)cc12. The van der Waals surface area contributed by atoms with Crippen molar-refractivity contribution in [3.8, 4) is 0 Å². The van der Waals surface area contributed by atoms with Crippen molar-refractivity contribution in [3.63, 3.8) is 0 Å². The molecule has 0 radical (unpaired) electrons. The number of piperidine rings is 1. The van der Waals surface area contributed by atoms with E-state index in [9.17, 15) is 5.11 Å². The number of aromatic nitrogens is 1. The third-order valence-electron chi connectivity index (χ3n) is 5.31. The Balaban J connectivity index is 1.71. The summed E-state index contributed by atoms with van der Waals surface area (Å²) in [4.78, 5) is 5.83. The highest BCUT2D eigenvalue weighted by atomic mass is 16.3. The van der Waals surface area contributed by atoms with Gasteiger partial charge >= 0.3 is 0 Å². The molecular weight excluding hydrogens is 248 g/mol. The number of nitrogens with zero attached hydrogens (tertiary/aromatic N) is 1. The van der Waals surface area contributed by atoms with Gasteiger partial charge in [-0.05, 0) is 62.4 Å². The maximum absolute atomic E-state index is 11.1. The van der Waals surface area contributed by atoms with Crippen molar-refractivity contribution >= 4 is 10.9 Å². The average molecular weight is 270 g/mol. The van der Waals surface area contributed by atoms with Crippen LogP contribution in [0.1, 0.15) is 36.8 Å². The minimum Gasteiger partial charge on any atom is -0.385 e. The van der Waals surface area contributed by atoms with Gasteiger partial charge in [-0.3, -0.25) is 0 Å². The monoisotopic (exact) mass is 270 g/mol. The number of nitrogens with one attached hydrogen (secondary N) is 1. The Hall–Kier alpha value is -1.32. The smallest absolute Gasteiger partial charge is 0.0923 e. The second-order valence-electron chi connectivity index (χ2n) is 6.55. The molecule has 2 aliphatic heterocycles. The molecule has 106 valence electrons. The van der Waals surface area contributed by atoms with Gasteiger partial charge in [0.25, 0.3) is 0 Å². The fourth-order valence-electron chi connectivity index (χ4n) is 4.05. The zero-order valence-electron chi connectivity index (χ0n) is 12.0. The number of hydrogen-bond donors (Lipinski definition) is 2. The molecule has 2 atom stereocenters. The highest BCUT2D eigenvalue weighted by Crippen LogP contribution is 2.40. The van der Waals surface area contributed by atoms with E-state index in [1.54, 1.807) is 0 Å². The summed E-state index contributed by atoms with van der Waals surface area (Å²) in [5, 5.41) is 12.4. The third-order valence-corrected chi connectivity index (χ3v) is 5.31. The molecule has 0 spiro atoms. The van der Waals surface area contributed by atoms with Gasteiger partial charge in [0.2, 0.25) is 0 Å². The Labute approximate surface area is 119 Å². The van der Waals surface area contributed by atoms with Gasteiger partial charge in [-0.2, -0.15) is 0 Å². The van der Waals surface area contributed by atoms with Crippen LogP contribution >= 0.6 is 0 Å². The van der Waals surface area contributed by atoms with Gasteiger partial charge in [-0.15, -0.1) is 0 Å². The quantitative estimate of drug-likeness (QED) is 0.836. The molecule has 0 amide bonds. The predicted molar refractivity (Wildman–Crippen MR) is 80.8 cm³/mol. The second-order valence-corrected chi connectivity index (χ2v) is 6.55. The summed E-state index contributed by atoms with van der Waals surface area (Å²) in [6.45, 7) is 4.37. The molecule has 2 aromatic rings. The summed E-state index contributed by atoms with van der Waals surface area (Å²) in [6.07, 6.45) is 6.32. The molecule has 0 aliphatic carbocycles. The molecule has 2 unspecified atom stereocenters. The van der Waals surface area contributed by atoms with Crippen LogP contribution in [0.25, 0.3) is 10.9 Å². The van der Waals surface area contributed by atoms with Crippen LogP contribution in [0.5, 0.6) is 0 Å². The fourth-order valence-corrected chi connectivity index (χ4v) is 4.05. The zero-order valence-corrected chi connectivity index (χ0v) is 12.0. The van der Waals surface area contributed by atoms with E-state index in [0.29, 0.717) is 6.04 Å². The molecule has 3 nitrogen and oxygen atoms in total. The summed E-state index contributed by atoms with van der Waals surface area (Å²) in [5.74, 6) is 0. The van der Waals surface area contributed by atoms with Gasteiger partial charge in [-0.1, -0.05) is 6.07 Å². The summed E-state index contributed by atoms with van der Waals surface area (Å²) in [6, 6.07) is 6.97. The highest BCUT2D eigenvalue weighted by Gasteiger charge is 2.41. The van der Waals surface area contributed by atoms with Gasteiger partial charge in [0, 0.05) is 29.7 Å². The molecule has 1 aromatic carbocycles. The van der Waals surface area contributed by atoms with Gasteiger partial charge in [0.1, 0.15) is 0 Å². The van der Waals surface area contributed by atoms with E-state index in [1.807, 2.05) is 6.20 Å². The first kappa shape index (κ1) is 12.4. The maximum Gasteiger partial charge on any atom is 0.0923 e. The Bertz CT molecular complexity index is 647. The third kappa shape index (κ3) is 1.80. The number of aryl methyl sites for hydroxylation is 1. The van der Waals surface area contributed by atoms with Gasteiger partial charge in [0.15, 0.2) is 0 Å². The molecule has 2 aliphatic rings. The lowest BCUT2D eigenvalue weighted by molar-refractivity contribution is -0.0408. The van der Waals surface area contributed by atoms with Crippen LogP contribution in [-0.2, 0) is 5.60 Å². The summed E-state index contributed by atoms with van der Waals surface area (Å²) in [5.41, 5.74) is 2.87. The lowest BCUT2D eigenvalue weighted by Gasteiger charge is -2.41. The molecular formula is C17H22N2O. The number of rotatable bonds is 1. The first-order valence-corrected chi connectivity index (χ1v) is 7.70. The summed E-state index contributed by atoms with van der Waals surface area (Å²) in [7, 11) is 0. The number of aliphatic hydroxyl groups is 1. The topological polar surface area (TPSA) is 39.3 Å². The van der Waals surface area contributed by atoms with Crippen LogP contribution in [0.4, 0.5) is 0 Å². The van der Waals surface area contributed by atoms with E-state index in [4.69, 9.17) is 0 Å². The number of fused-ring (bicyclic) bond motifs is 2. The first-order valence-electron chi connectivity index (χ1n) is 7.70. The van der Waals surface area contributed by atoms with Crippen LogP contribution in [0.3, 0.4) is 0 Å². The highest BCUT2D eigenvalue weighted by molar-refractivity contribution is 5.83. The van der Waals surface area contributed by atoms with E-state index in [2.05, 4.69) is 35.0 Å². The van der Waals surface area contributed by atoms with E-state index in [1.165, 1.54) is 30.3 Å². The van der Waals surface area contributed by atoms with Crippen molar-refractivity contribution in [1.82, 2.24) is 9.88 Å². The van der Waals surface area contributed by atoms with Gasteiger partial charge in [0.05, 0.1) is 5.60 Å². The summed E-state index contributed by atoms with van der Waals surface area (Å²) < 4.78 is 0. The normalized spacial score (nSPS) is 30.8. The van der Waals surface area contributed by atoms with Crippen molar-refractivity contribution in [2.24, 2.45) is 0 Å². The Kier molecular flexibility index (Phi) is 2.69. The average Bonchev–Trinajstić information content (AvgIpc) is 3.05. The lowest BCUT2D eigenvalue weighted by Crippen LogP contribution is -2.45. The van der Waals surface area contributed by atoms with Gasteiger partial charge < -0.3 is 15.0 Å². The molecule has 2 saturated heterocycles. The molecule has 3 heterocycles. The van der Waals surface area contributed by atoms with E-state index >= 15 is 0 Å². The fraction of sp³-hybridized carbons (Fsp3) is 0.529. The minimum atomic E-state index is -0.636. The second kappa shape index (κ2) is 4.34. The molecule has 4 rings (SSSR count). The lowest BCUT2D eigenvalue weighted by atomic mass is 9.80. The number of aromatic amines is 1. The van der Waals surface area contributed by atoms with Crippen LogP contribution in [-0.4, -0.2) is 34.1 Å². The van der Waals surface area contributed by atoms with Crippen LogP contribution < -0.4 is 0 Å². The predicted octanol–water partition coefficient (Wildman–Crippen LogP) is 2.92. The molecule has 0 saturated carbocycles. The minimum absolute atomic E-state index is 0.580. The van der Waals surface area contributed by atoms with Crippen LogP contribution in [0, 0.1) is 6.92 Å². The van der Waals surface area contributed by atoms with Crippen LogP contribution in [0.2, 0.25) is 0 Å². The van der Waals surface area contributed by atoms with E-state index < -0.39 is 5.60 Å². The van der Waals surface area contributed by atoms with Crippen molar-refractivity contribution in [2.45, 2.75) is 44.2 Å². The maximum atomic E-state index is 11.1. The van der Waals surface area contributed by atoms with E-state index in [0.717, 1.165) is 30.5 Å². The number of H-pyrrole nitrogens is 1. The van der Waals surface area contributed by atoms with Gasteiger partial charge in [-0.25, -0.2) is 0 Å². The Morgan fingerprint density at radius 3 is 3.15 bits per heavy atom. The van der Waals surface area contributed by atoms with Crippen molar-refractivity contribution < 1.29 is 5.11 Å². The number of hydrogen-bond acceptors (Lipinski definition) is 2. The Morgan fingerprint density at radius 2 is 2.25 bits per heavy atom. The molecule has 2 fully saturated rings. The molecule has 1 aromatic heterocycles. The molecule has 20 heavy (non-hydrogen) atoms. The van der Waals surface area contributed by atoms with Crippen molar-refractivity contribution in [1.29, 1.82) is 0 Å². The molecule has 3 heteroatoms. The van der Waals surface area contributed by atoms with Crippen molar-refractivity contribution in [3.05, 3.63) is 35.5 Å². The first-order chi connectivity index (χ1) is 9.66. The van der Waals surface area contributed by atoms with E-state index in [-0.39, 0.29) is 0 Å². The molecule has 0 bridgehead atoms. The largest absolute Gasteiger partial charge is 0.385 e. The molecule has 2 N–H and O–H groups in total. The Morgan fingerprint density at radius 1 is 1.35 bits per heavy atom. The zero-order chi connectivity index (χ0) is 13.7. The summed E-state index contributed by atoms with van der Waals surface area (Å²) >= 11 is 0. The standard InChI is InChI=1S/C17H22N2O/c1-12-11-18-16-5-4-13(9-15(12)16)17(20)6-8-19-7-2-3-14(19)10-17/h4-5,9,11,14,18,20H,2-3,6-8,10H2,1H3.